The van der Waals surface area contributed by atoms with Crippen LogP contribution in [-0.2, 0) is 6.54 Å². The van der Waals surface area contributed by atoms with Gasteiger partial charge < -0.3 is 5.32 Å². The summed E-state index contributed by atoms with van der Waals surface area (Å²) in [6, 6.07) is 3.89. The molecule has 0 atom stereocenters. The summed E-state index contributed by atoms with van der Waals surface area (Å²) in [7, 11) is 0. The fraction of sp³-hybridized carbons (Fsp3) is 0.400. The van der Waals surface area contributed by atoms with Crippen molar-refractivity contribution in [1.82, 2.24) is 34.5 Å². The SMILES string of the molecule is CCSc1ccc(CNc2nc3cnc(-c4c(C)ncnc4C4CC4)nc3n(C(C)C)c2=O)cn1. The highest BCUT2D eigenvalue weighted by Gasteiger charge is 2.30. The third kappa shape index (κ3) is 4.75. The maximum Gasteiger partial charge on any atom is 0.295 e. The van der Waals surface area contributed by atoms with Crippen LogP contribution in [0.1, 0.15) is 62.5 Å². The lowest BCUT2D eigenvalue weighted by Gasteiger charge is -2.16. The van der Waals surface area contributed by atoms with E-state index in [1.54, 1.807) is 28.9 Å². The summed E-state index contributed by atoms with van der Waals surface area (Å²) >= 11 is 1.69. The minimum absolute atomic E-state index is 0.112. The van der Waals surface area contributed by atoms with E-state index in [1.165, 1.54) is 0 Å². The van der Waals surface area contributed by atoms with Gasteiger partial charge in [0.2, 0.25) is 0 Å². The van der Waals surface area contributed by atoms with Gasteiger partial charge in [-0.2, -0.15) is 0 Å². The van der Waals surface area contributed by atoms with E-state index in [9.17, 15) is 4.79 Å². The van der Waals surface area contributed by atoms with E-state index in [2.05, 4.69) is 37.2 Å². The molecule has 0 aromatic carbocycles. The average molecular weight is 489 g/mol. The highest BCUT2D eigenvalue weighted by Crippen LogP contribution is 2.43. The first kappa shape index (κ1) is 23.3. The van der Waals surface area contributed by atoms with Crippen molar-refractivity contribution in [2.24, 2.45) is 0 Å². The number of anilines is 1. The lowest BCUT2D eigenvalue weighted by atomic mass is 10.1. The van der Waals surface area contributed by atoms with E-state index in [-0.39, 0.29) is 17.4 Å². The maximum atomic E-state index is 13.4. The standard InChI is InChI=1S/C25H28N8OS/c1-5-35-19-9-6-16(10-26-19)11-27-23-25(34)33(14(2)3)24-18(31-23)12-28-22(32-24)20-15(4)29-13-30-21(20)17-7-8-17/h6,9-10,12-14,17H,5,7-8,11H2,1-4H3,(H,27,31). The number of nitrogens with zero attached hydrogens (tertiary/aromatic N) is 7. The lowest BCUT2D eigenvalue weighted by molar-refractivity contribution is 0.593. The largest absolute Gasteiger partial charge is 0.361 e. The first-order valence-electron chi connectivity index (χ1n) is 11.9. The second-order valence-corrected chi connectivity index (χ2v) is 10.2. The second kappa shape index (κ2) is 9.69. The molecule has 1 saturated carbocycles. The van der Waals surface area contributed by atoms with Crippen LogP contribution in [0, 0.1) is 6.92 Å². The Labute approximate surface area is 207 Å². The van der Waals surface area contributed by atoms with Gasteiger partial charge in [0, 0.05) is 24.7 Å². The van der Waals surface area contributed by atoms with Gasteiger partial charge in [0.25, 0.3) is 5.56 Å². The third-order valence-electron chi connectivity index (χ3n) is 5.95. The number of rotatable bonds is 8. The Bertz CT molecular complexity index is 1430. The quantitative estimate of drug-likeness (QED) is 0.358. The van der Waals surface area contributed by atoms with Crippen molar-refractivity contribution < 1.29 is 0 Å². The van der Waals surface area contributed by atoms with Crippen molar-refractivity contribution in [2.45, 2.75) is 64.1 Å². The zero-order chi connectivity index (χ0) is 24.5. The maximum absolute atomic E-state index is 13.4. The number of pyridine rings is 1. The van der Waals surface area contributed by atoms with Crippen LogP contribution in [0.4, 0.5) is 5.82 Å². The Balaban J connectivity index is 1.52. The molecule has 1 aliphatic rings. The van der Waals surface area contributed by atoms with Gasteiger partial charge in [-0.05, 0) is 51.0 Å². The molecular formula is C25H28N8OS. The number of hydrogen-bond acceptors (Lipinski definition) is 9. The molecule has 1 N–H and O–H groups in total. The lowest BCUT2D eigenvalue weighted by Crippen LogP contribution is -2.27. The van der Waals surface area contributed by atoms with E-state index in [0.29, 0.717) is 29.5 Å². The molecule has 35 heavy (non-hydrogen) atoms. The van der Waals surface area contributed by atoms with Crippen molar-refractivity contribution in [1.29, 1.82) is 0 Å². The Hall–Kier alpha value is -3.40. The molecule has 1 fully saturated rings. The summed E-state index contributed by atoms with van der Waals surface area (Å²) < 4.78 is 1.67. The molecule has 0 aliphatic heterocycles. The van der Waals surface area contributed by atoms with E-state index >= 15 is 0 Å². The molecule has 0 saturated heterocycles. The Morgan fingerprint density at radius 3 is 2.63 bits per heavy atom. The highest BCUT2D eigenvalue weighted by molar-refractivity contribution is 7.99. The molecule has 180 valence electrons. The summed E-state index contributed by atoms with van der Waals surface area (Å²) in [5.41, 5.74) is 4.50. The van der Waals surface area contributed by atoms with Crippen LogP contribution in [-0.4, -0.2) is 40.2 Å². The number of thioether (sulfide) groups is 1. The topological polar surface area (TPSA) is 111 Å². The molecule has 9 nitrogen and oxygen atoms in total. The minimum Gasteiger partial charge on any atom is -0.361 e. The number of aryl methyl sites for hydroxylation is 1. The van der Waals surface area contributed by atoms with Crippen LogP contribution >= 0.6 is 11.8 Å². The van der Waals surface area contributed by atoms with Crippen LogP contribution in [0.5, 0.6) is 0 Å². The van der Waals surface area contributed by atoms with Gasteiger partial charge in [0.1, 0.15) is 11.8 Å². The molecule has 0 bridgehead atoms. The van der Waals surface area contributed by atoms with Crippen molar-refractivity contribution in [3.05, 3.63) is 58.2 Å². The molecule has 4 aromatic rings. The fourth-order valence-corrected chi connectivity index (χ4v) is 4.67. The molecule has 0 unspecified atom stereocenters. The van der Waals surface area contributed by atoms with Gasteiger partial charge in [0.05, 0.1) is 28.2 Å². The zero-order valence-corrected chi connectivity index (χ0v) is 21.1. The van der Waals surface area contributed by atoms with E-state index < -0.39 is 0 Å². The predicted octanol–water partition coefficient (Wildman–Crippen LogP) is 4.53. The van der Waals surface area contributed by atoms with E-state index in [1.807, 2.05) is 39.1 Å². The molecular weight excluding hydrogens is 460 g/mol. The van der Waals surface area contributed by atoms with Crippen LogP contribution in [0.2, 0.25) is 0 Å². The molecule has 0 radical (unpaired) electrons. The number of nitrogens with one attached hydrogen (secondary N) is 1. The molecule has 10 heteroatoms. The molecule has 1 aliphatic carbocycles. The van der Waals surface area contributed by atoms with Crippen LogP contribution in [0.15, 0.2) is 40.7 Å². The Morgan fingerprint density at radius 1 is 1.11 bits per heavy atom. The molecule has 4 aromatic heterocycles. The first-order chi connectivity index (χ1) is 17.0. The number of aromatic nitrogens is 7. The summed E-state index contributed by atoms with van der Waals surface area (Å²) in [5, 5.41) is 4.17. The number of hydrogen-bond donors (Lipinski definition) is 1. The van der Waals surface area contributed by atoms with Gasteiger partial charge in [-0.3, -0.25) is 9.36 Å². The summed E-state index contributed by atoms with van der Waals surface area (Å²) in [6.45, 7) is 8.42. The fourth-order valence-electron chi connectivity index (χ4n) is 4.09. The second-order valence-electron chi connectivity index (χ2n) is 8.92. The third-order valence-corrected chi connectivity index (χ3v) is 6.78. The Kier molecular flexibility index (Phi) is 6.46. The highest BCUT2D eigenvalue weighted by atomic mass is 32.2. The molecule has 0 amide bonds. The van der Waals surface area contributed by atoms with Crippen LogP contribution in [0.25, 0.3) is 22.6 Å². The monoisotopic (exact) mass is 488 g/mol. The average Bonchev–Trinajstić information content (AvgIpc) is 3.69. The minimum atomic E-state index is -0.216. The van der Waals surface area contributed by atoms with Crippen molar-refractivity contribution in [2.75, 3.05) is 11.1 Å². The molecule has 4 heterocycles. The van der Waals surface area contributed by atoms with Crippen molar-refractivity contribution in [3.8, 4) is 11.4 Å². The molecule has 5 rings (SSSR count). The molecule has 0 spiro atoms. The predicted molar refractivity (Wildman–Crippen MR) is 138 cm³/mol. The first-order valence-corrected chi connectivity index (χ1v) is 12.9. The Morgan fingerprint density at radius 2 is 1.94 bits per heavy atom. The van der Waals surface area contributed by atoms with Gasteiger partial charge >= 0.3 is 0 Å². The van der Waals surface area contributed by atoms with E-state index in [0.717, 1.165) is 46.1 Å². The van der Waals surface area contributed by atoms with E-state index in [4.69, 9.17) is 4.98 Å². The summed E-state index contributed by atoms with van der Waals surface area (Å²) in [5.74, 6) is 2.20. The summed E-state index contributed by atoms with van der Waals surface area (Å²) in [4.78, 5) is 40.8. The van der Waals surface area contributed by atoms with Crippen LogP contribution < -0.4 is 10.9 Å². The van der Waals surface area contributed by atoms with Gasteiger partial charge in [-0.1, -0.05) is 13.0 Å². The van der Waals surface area contributed by atoms with Crippen LogP contribution in [0.3, 0.4) is 0 Å². The van der Waals surface area contributed by atoms with Gasteiger partial charge in [-0.15, -0.1) is 11.8 Å². The van der Waals surface area contributed by atoms with Gasteiger partial charge in [0.15, 0.2) is 17.3 Å². The van der Waals surface area contributed by atoms with Crippen molar-refractivity contribution in [3.63, 3.8) is 0 Å². The van der Waals surface area contributed by atoms with Gasteiger partial charge in [-0.25, -0.2) is 29.9 Å². The van der Waals surface area contributed by atoms with Crippen molar-refractivity contribution >= 4 is 28.7 Å². The number of fused-ring (bicyclic) bond motifs is 1. The normalized spacial score (nSPS) is 13.5. The smallest absolute Gasteiger partial charge is 0.295 e. The zero-order valence-electron chi connectivity index (χ0n) is 20.3. The summed E-state index contributed by atoms with van der Waals surface area (Å²) in [6.07, 6.45) is 7.33.